The molecule has 0 aliphatic rings. The Hall–Kier alpha value is -3.11. The lowest BCUT2D eigenvalue weighted by molar-refractivity contribution is -0.116. The van der Waals surface area contributed by atoms with Gasteiger partial charge in [0.15, 0.2) is 5.82 Å². The van der Waals surface area contributed by atoms with Gasteiger partial charge in [0.05, 0.1) is 10.9 Å². The third-order valence-electron chi connectivity index (χ3n) is 4.49. The fraction of sp³-hybridized carbons (Fsp3) is 0.286. The molecule has 1 heterocycles. The Balaban J connectivity index is 1.77. The van der Waals surface area contributed by atoms with Gasteiger partial charge < -0.3 is 4.74 Å². The zero-order valence-corrected chi connectivity index (χ0v) is 18.2. The summed E-state index contributed by atoms with van der Waals surface area (Å²) >= 11 is 0. The molecule has 0 saturated heterocycles. The van der Waals surface area contributed by atoms with Gasteiger partial charge in [-0.1, -0.05) is 17.2 Å². The molecule has 0 fully saturated rings. The van der Waals surface area contributed by atoms with Crippen molar-refractivity contribution in [1.82, 2.24) is 19.5 Å². The van der Waals surface area contributed by atoms with Crippen molar-refractivity contribution in [3.63, 3.8) is 0 Å². The molecule has 0 bridgehead atoms. The van der Waals surface area contributed by atoms with E-state index in [1.807, 2.05) is 6.92 Å². The molecule has 0 unspecified atom stereocenters. The lowest BCUT2D eigenvalue weighted by Gasteiger charge is -2.15. The molecule has 3 rings (SSSR count). The molecule has 31 heavy (non-hydrogen) atoms. The molecule has 164 valence electrons. The largest absolute Gasteiger partial charge is 0.424 e. The lowest BCUT2D eigenvalue weighted by atomic mass is 10.1. The molecule has 1 N–H and O–H groups in total. The van der Waals surface area contributed by atoms with Crippen LogP contribution >= 0.6 is 0 Å². The van der Waals surface area contributed by atoms with Crippen molar-refractivity contribution in [2.75, 3.05) is 0 Å². The summed E-state index contributed by atoms with van der Waals surface area (Å²) in [6.45, 7) is 5.41. The normalized spacial score (nSPS) is 12.5. The highest BCUT2D eigenvalue weighted by molar-refractivity contribution is 7.89. The third-order valence-corrected chi connectivity index (χ3v) is 6.05. The Morgan fingerprint density at radius 3 is 2.35 bits per heavy atom. The van der Waals surface area contributed by atoms with Crippen molar-refractivity contribution in [3.8, 4) is 11.8 Å². The van der Waals surface area contributed by atoms with Crippen LogP contribution in [-0.2, 0) is 27.8 Å². The van der Waals surface area contributed by atoms with Crippen LogP contribution < -0.4 is 9.46 Å². The molecule has 2 aromatic carbocycles. The minimum Gasteiger partial charge on any atom is -0.424 e. The number of ether oxygens (including phenoxy) is 1. The number of hydrogen-bond acceptors (Lipinski definition) is 6. The van der Waals surface area contributed by atoms with E-state index in [1.54, 1.807) is 23.6 Å². The van der Waals surface area contributed by atoms with Gasteiger partial charge in [0.2, 0.25) is 10.0 Å². The average Bonchev–Trinajstić information content (AvgIpc) is 3.12. The number of Topliss-reactive ketones (excluding diaryl/α,β-unsaturated/α-hetero) is 1. The monoisotopic (exact) mass is 446 g/mol. The number of ketones is 1. The summed E-state index contributed by atoms with van der Waals surface area (Å²) in [6, 6.07) is 11.1. The Bertz CT molecular complexity index is 1160. The first-order valence-electron chi connectivity index (χ1n) is 9.67. The van der Waals surface area contributed by atoms with Gasteiger partial charge in [0.1, 0.15) is 17.3 Å². The van der Waals surface area contributed by atoms with Gasteiger partial charge in [-0.3, -0.25) is 9.36 Å². The number of rotatable bonds is 9. The highest BCUT2D eigenvalue weighted by Gasteiger charge is 2.24. The van der Waals surface area contributed by atoms with Crippen LogP contribution in [0.5, 0.6) is 11.8 Å². The molecule has 1 aromatic heterocycles. The SMILES string of the molecule is CCn1c(Oc2ccc(F)cc2)nnc1[C@@H](C)NS(=O)(=O)c1ccc(CC(C)=O)cc1. The standard InChI is InChI=1S/C21H23FN4O4S/c1-4-26-20(23-24-21(26)30-18-9-7-17(22)8-10-18)15(3)25-31(28,29)19-11-5-16(6-12-19)13-14(2)27/h5-12,15,25H,4,13H2,1-3H3/t15-/m1/s1. The van der Waals surface area contributed by atoms with Crippen LogP contribution in [0.3, 0.4) is 0 Å². The van der Waals surface area contributed by atoms with E-state index in [-0.39, 0.29) is 28.9 Å². The number of nitrogens with one attached hydrogen (secondary N) is 1. The lowest BCUT2D eigenvalue weighted by Crippen LogP contribution is -2.29. The Morgan fingerprint density at radius 2 is 1.77 bits per heavy atom. The van der Waals surface area contributed by atoms with E-state index in [4.69, 9.17) is 4.74 Å². The number of benzene rings is 2. The summed E-state index contributed by atoms with van der Waals surface area (Å²) in [5.74, 6) is 0.368. The van der Waals surface area contributed by atoms with E-state index in [9.17, 15) is 17.6 Å². The summed E-state index contributed by atoms with van der Waals surface area (Å²) in [4.78, 5) is 11.3. The van der Waals surface area contributed by atoms with Crippen LogP contribution in [0.25, 0.3) is 0 Å². The molecule has 1 atom stereocenters. The minimum absolute atomic E-state index is 0.0000771. The predicted octanol–water partition coefficient (Wildman–Crippen LogP) is 3.40. The van der Waals surface area contributed by atoms with E-state index in [0.29, 0.717) is 18.1 Å². The Kier molecular flexibility index (Phi) is 6.81. The maximum Gasteiger partial charge on any atom is 0.322 e. The van der Waals surface area contributed by atoms with Gasteiger partial charge in [-0.05, 0) is 62.7 Å². The van der Waals surface area contributed by atoms with Crippen molar-refractivity contribution < 1.29 is 22.3 Å². The van der Waals surface area contributed by atoms with Crippen LogP contribution in [0.15, 0.2) is 53.4 Å². The summed E-state index contributed by atoms with van der Waals surface area (Å²) in [7, 11) is -3.83. The molecule has 0 amide bonds. The van der Waals surface area contributed by atoms with Crippen LogP contribution in [0.2, 0.25) is 0 Å². The zero-order chi connectivity index (χ0) is 22.6. The Labute approximate surface area is 180 Å². The van der Waals surface area contributed by atoms with Gasteiger partial charge >= 0.3 is 6.01 Å². The van der Waals surface area contributed by atoms with Gasteiger partial charge in [-0.2, -0.15) is 0 Å². The predicted molar refractivity (Wildman–Crippen MR) is 112 cm³/mol. The molecular formula is C21H23FN4O4S. The second-order valence-electron chi connectivity index (χ2n) is 7.01. The molecule has 0 radical (unpaired) electrons. The summed E-state index contributed by atoms with van der Waals surface area (Å²) in [6.07, 6.45) is 0.251. The molecule has 3 aromatic rings. The van der Waals surface area contributed by atoms with Crippen molar-refractivity contribution in [2.45, 2.75) is 44.7 Å². The quantitative estimate of drug-likeness (QED) is 0.540. The van der Waals surface area contributed by atoms with Gasteiger partial charge in [-0.25, -0.2) is 17.5 Å². The topological polar surface area (TPSA) is 103 Å². The summed E-state index contributed by atoms with van der Waals surface area (Å²) < 4.78 is 48.5. The van der Waals surface area contributed by atoms with Crippen molar-refractivity contribution in [3.05, 3.63) is 65.7 Å². The second-order valence-corrected chi connectivity index (χ2v) is 8.72. The fourth-order valence-electron chi connectivity index (χ4n) is 3.03. The maximum atomic E-state index is 13.1. The van der Waals surface area contributed by atoms with Crippen molar-refractivity contribution in [2.24, 2.45) is 0 Å². The van der Waals surface area contributed by atoms with Gasteiger partial charge in [0.25, 0.3) is 0 Å². The van der Waals surface area contributed by atoms with Crippen LogP contribution in [0.1, 0.15) is 38.2 Å². The van der Waals surface area contributed by atoms with Crippen LogP contribution in [-0.4, -0.2) is 29.0 Å². The molecule has 0 spiro atoms. The molecule has 0 aliphatic carbocycles. The van der Waals surface area contributed by atoms with E-state index in [1.165, 1.54) is 43.3 Å². The number of aromatic nitrogens is 3. The number of halogens is 1. The number of nitrogens with zero attached hydrogens (tertiary/aromatic N) is 3. The summed E-state index contributed by atoms with van der Waals surface area (Å²) in [5.41, 5.74) is 0.743. The number of carbonyl (C=O) groups excluding carboxylic acids is 1. The second kappa shape index (κ2) is 9.36. The first-order valence-corrected chi connectivity index (χ1v) is 11.1. The maximum absolute atomic E-state index is 13.1. The number of sulfonamides is 1. The first-order chi connectivity index (χ1) is 14.7. The van der Waals surface area contributed by atoms with Crippen molar-refractivity contribution >= 4 is 15.8 Å². The highest BCUT2D eigenvalue weighted by atomic mass is 32.2. The number of carbonyl (C=O) groups is 1. The fourth-order valence-corrected chi connectivity index (χ4v) is 4.23. The molecular weight excluding hydrogens is 423 g/mol. The smallest absolute Gasteiger partial charge is 0.322 e. The Morgan fingerprint density at radius 1 is 1.13 bits per heavy atom. The third kappa shape index (κ3) is 5.53. The first kappa shape index (κ1) is 22.6. The van der Waals surface area contributed by atoms with Gasteiger partial charge in [0, 0.05) is 13.0 Å². The molecule has 10 heteroatoms. The summed E-state index contributed by atoms with van der Waals surface area (Å²) in [5, 5.41) is 8.07. The van der Waals surface area contributed by atoms with Crippen molar-refractivity contribution in [1.29, 1.82) is 0 Å². The van der Waals surface area contributed by atoms with Gasteiger partial charge in [-0.15, -0.1) is 5.10 Å². The van der Waals surface area contributed by atoms with E-state index < -0.39 is 16.1 Å². The molecule has 0 saturated carbocycles. The van der Waals surface area contributed by atoms with E-state index >= 15 is 0 Å². The highest BCUT2D eigenvalue weighted by Crippen LogP contribution is 2.24. The van der Waals surface area contributed by atoms with E-state index in [2.05, 4.69) is 14.9 Å². The average molecular weight is 447 g/mol. The van der Waals surface area contributed by atoms with Crippen LogP contribution in [0, 0.1) is 5.82 Å². The molecule has 8 nitrogen and oxygen atoms in total. The molecule has 0 aliphatic heterocycles. The minimum atomic E-state index is -3.83. The number of hydrogen-bond donors (Lipinski definition) is 1. The van der Waals surface area contributed by atoms with Crippen LogP contribution in [0.4, 0.5) is 4.39 Å². The van der Waals surface area contributed by atoms with E-state index in [0.717, 1.165) is 5.56 Å². The zero-order valence-electron chi connectivity index (χ0n) is 17.4.